The van der Waals surface area contributed by atoms with E-state index in [2.05, 4.69) is 5.32 Å². The summed E-state index contributed by atoms with van der Waals surface area (Å²) in [6.45, 7) is 5.67. The van der Waals surface area contributed by atoms with Crippen molar-refractivity contribution in [3.05, 3.63) is 29.8 Å². The smallest absolute Gasteiger partial charge is 0.323 e. The minimum absolute atomic E-state index is 0.127. The van der Waals surface area contributed by atoms with Crippen molar-refractivity contribution in [3.63, 3.8) is 0 Å². The fourth-order valence-corrected chi connectivity index (χ4v) is 2.16. The molecule has 0 unspecified atom stereocenters. The Balaban J connectivity index is 2.70. The molecule has 1 rings (SSSR count). The quantitative estimate of drug-likeness (QED) is 0.710. The summed E-state index contributed by atoms with van der Waals surface area (Å²) in [5, 5.41) is 11.4. The lowest BCUT2D eigenvalue weighted by Gasteiger charge is -2.23. The first-order valence-electron chi connectivity index (χ1n) is 7.84. The Bertz CT molecular complexity index is 586. The van der Waals surface area contributed by atoms with E-state index in [1.54, 1.807) is 24.3 Å². The number of nitrogens with zero attached hydrogens (tertiary/aromatic N) is 1. The molecule has 0 saturated heterocycles. The van der Waals surface area contributed by atoms with Crippen molar-refractivity contribution in [2.24, 2.45) is 5.92 Å². The van der Waals surface area contributed by atoms with E-state index in [9.17, 15) is 14.4 Å². The van der Waals surface area contributed by atoms with Gasteiger partial charge in [-0.1, -0.05) is 26.0 Å². The predicted molar refractivity (Wildman–Crippen MR) is 89.0 cm³/mol. The normalized spacial score (nSPS) is 10.3. The molecular formula is C17H24N2O5. The van der Waals surface area contributed by atoms with Gasteiger partial charge in [0.25, 0.3) is 5.91 Å². The van der Waals surface area contributed by atoms with E-state index in [0.29, 0.717) is 24.5 Å². The Morgan fingerprint density at radius 2 is 1.92 bits per heavy atom. The highest BCUT2D eigenvalue weighted by Gasteiger charge is 2.19. The lowest BCUT2D eigenvalue weighted by atomic mass is 10.2. The number of carboxylic acid groups (broad SMARTS) is 1. The van der Waals surface area contributed by atoms with Gasteiger partial charge in [-0.15, -0.1) is 0 Å². The highest BCUT2D eigenvalue weighted by molar-refractivity contribution is 5.98. The third-order valence-corrected chi connectivity index (χ3v) is 3.10. The van der Waals surface area contributed by atoms with Gasteiger partial charge in [0.15, 0.2) is 0 Å². The summed E-state index contributed by atoms with van der Waals surface area (Å²) in [5.74, 6) is -1.39. The Morgan fingerprint density at radius 1 is 1.25 bits per heavy atom. The van der Waals surface area contributed by atoms with Gasteiger partial charge in [-0.05, 0) is 25.0 Å². The van der Waals surface area contributed by atoms with Crippen LogP contribution in [0.1, 0.15) is 31.1 Å². The van der Waals surface area contributed by atoms with Crippen molar-refractivity contribution < 1.29 is 24.2 Å². The Kier molecular flexibility index (Phi) is 7.74. The Hall–Kier alpha value is -2.57. The maximum atomic E-state index is 12.2. The summed E-state index contributed by atoms with van der Waals surface area (Å²) >= 11 is 0. The molecular weight excluding hydrogens is 312 g/mol. The second kappa shape index (κ2) is 9.54. The number of para-hydroxylation sites is 1. The van der Waals surface area contributed by atoms with Crippen LogP contribution in [-0.2, 0) is 9.59 Å². The monoisotopic (exact) mass is 336 g/mol. The predicted octanol–water partition coefficient (Wildman–Crippen LogP) is 1.38. The van der Waals surface area contributed by atoms with Crippen molar-refractivity contribution in [2.75, 3.05) is 26.2 Å². The number of nitrogens with one attached hydrogen (secondary N) is 1. The molecule has 0 fully saturated rings. The second-order valence-electron chi connectivity index (χ2n) is 5.67. The molecule has 0 aliphatic heterocycles. The van der Waals surface area contributed by atoms with Crippen LogP contribution in [0, 0.1) is 5.92 Å². The maximum Gasteiger partial charge on any atom is 0.323 e. The molecule has 132 valence electrons. The molecule has 2 N–H and O–H groups in total. The zero-order valence-electron chi connectivity index (χ0n) is 14.2. The summed E-state index contributed by atoms with van der Waals surface area (Å²) in [5.41, 5.74) is 0.334. The number of ether oxygens (including phenoxy) is 1. The summed E-state index contributed by atoms with van der Waals surface area (Å²) in [6.07, 6.45) is 0. The lowest BCUT2D eigenvalue weighted by Crippen LogP contribution is -2.44. The van der Waals surface area contributed by atoms with Crippen LogP contribution in [-0.4, -0.2) is 54.0 Å². The summed E-state index contributed by atoms with van der Waals surface area (Å²) in [4.78, 5) is 36.5. The standard InChI is InChI=1S/C17H24N2O5/c1-4-24-14-8-6-5-7-13(14)17(23)18-9-15(20)19(10-12(2)3)11-16(21)22/h5-8,12H,4,9-11H2,1-3H3,(H,18,23)(H,21,22). The van der Waals surface area contributed by atoms with E-state index in [0.717, 1.165) is 0 Å². The molecule has 0 aliphatic rings. The van der Waals surface area contributed by atoms with Crippen LogP contribution in [0.25, 0.3) is 0 Å². The van der Waals surface area contributed by atoms with Crippen LogP contribution in [0.4, 0.5) is 0 Å². The summed E-state index contributed by atoms with van der Waals surface area (Å²) in [7, 11) is 0. The SMILES string of the molecule is CCOc1ccccc1C(=O)NCC(=O)N(CC(=O)O)CC(C)C. The molecule has 24 heavy (non-hydrogen) atoms. The molecule has 7 nitrogen and oxygen atoms in total. The van der Waals surface area contributed by atoms with Crippen molar-refractivity contribution in [2.45, 2.75) is 20.8 Å². The number of hydrogen-bond donors (Lipinski definition) is 2. The van der Waals surface area contributed by atoms with E-state index in [1.807, 2.05) is 20.8 Å². The first-order chi connectivity index (χ1) is 11.3. The van der Waals surface area contributed by atoms with Crippen molar-refractivity contribution >= 4 is 17.8 Å². The van der Waals surface area contributed by atoms with Gasteiger partial charge in [0.1, 0.15) is 12.3 Å². The van der Waals surface area contributed by atoms with Crippen molar-refractivity contribution in [3.8, 4) is 5.75 Å². The van der Waals surface area contributed by atoms with Crippen LogP contribution >= 0.6 is 0 Å². The van der Waals surface area contributed by atoms with Gasteiger partial charge in [-0.2, -0.15) is 0 Å². The minimum atomic E-state index is -1.09. The number of benzene rings is 1. The van der Waals surface area contributed by atoms with E-state index < -0.39 is 17.8 Å². The van der Waals surface area contributed by atoms with Gasteiger partial charge in [0.2, 0.25) is 5.91 Å². The number of carbonyl (C=O) groups excluding carboxylic acids is 2. The first kappa shape index (κ1) is 19.5. The molecule has 0 atom stereocenters. The number of rotatable bonds is 9. The van der Waals surface area contributed by atoms with Gasteiger partial charge in [-0.25, -0.2) is 0 Å². The summed E-state index contributed by atoms with van der Waals surface area (Å²) < 4.78 is 5.38. The topological polar surface area (TPSA) is 95.9 Å². The fourth-order valence-electron chi connectivity index (χ4n) is 2.16. The van der Waals surface area contributed by atoms with Crippen LogP contribution in [0.5, 0.6) is 5.75 Å². The largest absolute Gasteiger partial charge is 0.493 e. The molecule has 7 heteroatoms. The third-order valence-electron chi connectivity index (χ3n) is 3.10. The Morgan fingerprint density at radius 3 is 2.50 bits per heavy atom. The fraction of sp³-hybridized carbons (Fsp3) is 0.471. The van der Waals surface area contributed by atoms with Gasteiger partial charge in [-0.3, -0.25) is 14.4 Å². The second-order valence-corrected chi connectivity index (χ2v) is 5.67. The number of aliphatic carboxylic acids is 1. The summed E-state index contributed by atoms with van der Waals surface area (Å²) in [6, 6.07) is 6.74. The van der Waals surface area contributed by atoms with Crippen molar-refractivity contribution in [1.29, 1.82) is 0 Å². The first-order valence-corrected chi connectivity index (χ1v) is 7.84. The number of amides is 2. The minimum Gasteiger partial charge on any atom is -0.493 e. The molecule has 0 bridgehead atoms. The number of carbonyl (C=O) groups is 3. The van der Waals surface area contributed by atoms with Crippen LogP contribution in [0.2, 0.25) is 0 Å². The molecule has 0 aromatic heterocycles. The van der Waals surface area contributed by atoms with Crippen LogP contribution in [0.15, 0.2) is 24.3 Å². The van der Waals surface area contributed by atoms with Gasteiger partial charge < -0.3 is 20.1 Å². The molecule has 0 radical (unpaired) electrons. The van der Waals surface area contributed by atoms with E-state index in [4.69, 9.17) is 9.84 Å². The van der Waals surface area contributed by atoms with Gasteiger partial charge in [0, 0.05) is 6.54 Å². The highest BCUT2D eigenvalue weighted by Crippen LogP contribution is 2.17. The van der Waals surface area contributed by atoms with Gasteiger partial charge >= 0.3 is 5.97 Å². The molecule has 0 saturated carbocycles. The van der Waals surface area contributed by atoms with Crippen molar-refractivity contribution in [1.82, 2.24) is 10.2 Å². The third kappa shape index (κ3) is 6.28. The molecule has 2 amide bonds. The van der Waals surface area contributed by atoms with Crippen LogP contribution < -0.4 is 10.1 Å². The average Bonchev–Trinajstić information content (AvgIpc) is 2.51. The van der Waals surface area contributed by atoms with Gasteiger partial charge in [0.05, 0.1) is 18.7 Å². The molecule has 1 aromatic carbocycles. The molecule has 0 aliphatic carbocycles. The maximum absolute atomic E-state index is 12.2. The van der Waals surface area contributed by atoms with E-state index in [1.165, 1.54) is 4.90 Å². The molecule has 0 heterocycles. The molecule has 1 aromatic rings. The Labute approximate surface area is 141 Å². The van der Waals surface area contributed by atoms with Crippen LogP contribution in [0.3, 0.4) is 0 Å². The van der Waals surface area contributed by atoms with E-state index in [-0.39, 0.29) is 19.0 Å². The number of carboxylic acids is 1. The average molecular weight is 336 g/mol. The zero-order chi connectivity index (χ0) is 18.1. The highest BCUT2D eigenvalue weighted by atomic mass is 16.5. The molecule has 0 spiro atoms. The van der Waals surface area contributed by atoms with E-state index >= 15 is 0 Å². The number of hydrogen-bond acceptors (Lipinski definition) is 4. The zero-order valence-corrected chi connectivity index (χ0v) is 14.2. The lowest BCUT2D eigenvalue weighted by molar-refractivity contribution is -0.144.